The van der Waals surface area contributed by atoms with Crippen LogP contribution in [0.25, 0.3) is 22.4 Å². The van der Waals surface area contributed by atoms with Gasteiger partial charge in [-0.2, -0.15) is 0 Å². The van der Waals surface area contributed by atoms with Gasteiger partial charge < -0.3 is 0 Å². The third-order valence-corrected chi connectivity index (χ3v) is 4.13. The third kappa shape index (κ3) is 1.88. The summed E-state index contributed by atoms with van der Waals surface area (Å²) in [6, 6.07) is 16.0. The molecule has 0 unspecified atom stereocenters. The number of rotatable bonds is 1. The van der Waals surface area contributed by atoms with Crippen molar-refractivity contribution in [2.45, 2.75) is 13.8 Å². The van der Waals surface area contributed by atoms with E-state index in [1.165, 1.54) is 11.1 Å². The predicted molar refractivity (Wildman–Crippen MR) is 88.0 cm³/mol. The topological polar surface area (TPSA) is 30.0 Å². The van der Waals surface area contributed by atoms with Crippen molar-refractivity contribution in [3.63, 3.8) is 0 Å². The zero-order chi connectivity index (χ0) is 15.3. The number of nitrogens with zero attached hydrogens (tertiary/aromatic N) is 1. The molecular weight excluding hydrogens is 270 g/mol. The number of carbonyl (C=O) groups excluding carboxylic acids is 1. The molecule has 106 valence electrons. The van der Waals surface area contributed by atoms with Gasteiger partial charge in [0.1, 0.15) is 0 Å². The molecule has 1 aliphatic carbocycles. The molecule has 0 spiro atoms. The molecule has 1 heterocycles. The summed E-state index contributed by atoms with van der Waals surface area (Å²) in [5.74, 6) is 0.0959. The fourth-order valence-corrected chi connectivity index (χ4v) is 3.20. The minimum atomic E-state index is 0.0959. The molecule has 0 saturated carbocycles. The van der Waals surface area contributed by atoms with Gasteiger partial charge in [0, 0.05) is 28.5 Å². The number of ketones is 1. The summed E-state index contributed by atoms with van der Waals surface area (Å²) in [4.78, 5) is 17.2. The second kappa shape index (κ2) is 4.63. The van der Waals surface area contributed by atoms with Crippen LogP contribution in [-0.4, -0.2) is 10.8 Å². The number of aromatic nitrogens is 1. The van der Waals surface area contributed by atoms with E-state index in [1.54, 1.807) is 0 Å². The number of pyridine rings is 1. The summed E-state index contributed by atoms with van der Waals surface area (Å²) < 4.78 is 0. The van der Waals surface area contributed by atoms with Crippen LogP contribution in [0, 0.1) is 13.8 Å². The van der Waals surface area contributed by atoms with Crippen molar-refractivity contribution in [2.75, 3.05) is 0 Å². The summed E-state index contributed by atoms with van der Waals surface area (Å²) in [5.41, 5.74) is 7.77. The first-order valence-corrected chi connectivity index (χ1v) is 7.36. The summed E-state index contributed by atoms with van der Waals surface area (Å²) in [7, 11) is 0. The zero-order valence-electron chi connectivity index (χ0n) is 12.6. The van der Waals surface area contributed by atoms with E-state index < -0.39 is 0 Å². The Morgan fingerprint density at radius 2 is 1.45 bits per heavy atom. The average molecular weight is 285 g/mol. The van der Waals surface area contributed by atoms with Crippen molar-refractivity contribution in [2.24, 2.45) is 0 Å². The van der Waals surface area contributed by atoms with E-state index in [1.807, 2.05) is 36.5 Å². The van der Waals surface area contributed by atoms with Crippen LogP contribution >= 0.6 is 0 Å². The van der Waals surface area contributed by atoms with Gasteiger partial charge in [-0.3, -0.25) is 9.78 Å². The van der Waals surface area contributed by atoms with Crippen LogP contribution in [0.2, 0.25) is 0 Å². The first kappa shape index (κ1) is 13.0. The molecule has 4 rings (SSSR count). The molecule has 2 nitrogen and oxygen atoms in total. The minimum Gasteiger partial charge on any atom is -0.289 e. The Morgan fingerprint density at radius 1 is 0.773 bits per heavy atom. The van der Waals surface area contributed by atoms with Gasteiger partial charge in [-0.1, -0.05) is 41.5 Å². The molecule has 22 heavy (non-hydrogen) atoms. The fourth-order valence-electron chi connectivity index (χ4n) is 3.20. The SMILES string of the molecule is Cc1cc(C)cc(-c2cc3c(cn2)-c2ccccc2C3=O)c1. The van der Waals surface area contributed by atoms with E-state index in [0.29, 0.717) is 0 Å². The number of hydrogen-bond acceptors (Lipinski definition) is 2. The van der Waals surface area contributed by atoms with Gasteiger partial charge in [0.15, 0.2) is 5.78 Å². The van der Waals surface area contributed by atoms with Crippen molar-refractivity contribution in [1.29, 1.82) is 0 Å². The Labute approximate surface area is 129 Å². The molecule has 0 atom stereocenters. The van der Waals surface area contributed by atoms with E-state index in [4.69, 9.17) is 0 Å². The quantitative estimate of drug-likeness (QED) is 0.512. The highest BCUT2D eigenvalue weighted by atomic mass is 16.1. The van der Waals surface area contributed by atoms with Gasteiger partial charge in [-0.05, 0) is 37.6 Å². The number of hydrogen-bond donors (Lipinski definition) is 0. The second-order valence-electron chi connectivity index (χ2n) is 5.87. The van der Waals surface area contributed by atoms with Crippen molar-refractivity contribution in [1.82, 2.24) is 4.98 Å². The molecule has 0 aliphatic heterocycles. The highest BCUT2D eigenvalue weighted by Gasteiger charge is 2.26. The number of benzene rings is 2. The van der Waals surface area contributed by atoms with E-state index >= 15 is 0 Å². The molecule has 2 aromatic carbocycles. The molecule has 1 aliphatic rings. The van der Waals surface area contributed by atoms with Crippen LogP contribution in [-0.2, 0) is 0 Å². The second-order valence-corrected chi connectivity index (χ2v) is 5.87. The van der Waals surface area contributed by atoms with Crippen molar-refractivity contribution < 1.29 is 4.79 Å². The Hall–Kier alpha value is -2.74. The lowest BCUT2D eigenvalue weighted by atomic mass is 10.0. The fraction of sp³-hybridized carbons (Fsp3) is 0.100. The van der Waals surface area contributed by atoms with Crippen LogP contribution in [0.3, 0.4) is 0 Å². The number of aryl methyl sites for hydroxylation is 2. The van der Waals surface area contributed by atoms with Crippen LogP contribution in [0.5, 0.6) is 0 Å². The number of carbonyl (C=O) groups is 1. The Balaban J connectivity index is 1.89. The Bertz CT molecular complexity index is 904. The van der Waals surface area contributed by atoms with Gasteiger partial charge in [-0.15, -0.1) is 0 Å². The molecular formula is C20H15NO. The van der Waals surface area contributed by atoms with Gasteiger partial charge in [0.2, 0.25) is 0 Å². The van der Waals surface area contributed by atoms with Gasteiger partial charge in [0.05, 0.1) is 5.69 Å². The van der Waals surface area contributed by atoms with Crippen molar-refractivity contribution in [3.8, 4) is 22.4 Å². The highest BCUT2D eigenvalue weighted by Crippen LogP contribution is 2.37. The maximum absolute atomic E-state index is 12.6. The largest absolute Gasteiger partial charge is 0.289 e. The smallest absolute Gasteiger partial charge is 0.194 e. The number of fused-ring (bicyclic) bond motifs is 3. The lowest BCUT2D eigenvalue weighted by Crippen LogP contribution is -1.96. The van der Waals surface area contributed by atoms with Crippen molar-refractivity contribution >= 4 is 5.78 Å². The van der Waals surface area contributed by atoms with Crippen LogP contribution in [0.15, 0.2) is 54.7 Å². The van der Waals surface area contributed by atoms with Gasteiger partial charge in [-0.25, -0.2) is 0 Å². The minimum absolute atomic E-state index is 0.0959. The summed E-state index contributed by atoms with van der Waals surface area (Å²) in [6.07, 6.45) is 1.83. The maximum atomic E-state index is 12.6. The Kier molecular flexibility index (Phi) is 2.73. The first-order valence-electron chi connectivity index (χ1n) is 7.36. The molecule has 0 bridgehead atoms. The van der Waals surface area contributed by atoms with Crippen LogP contribution in [0.4, 0.5) is 0 Å². The molecule has 2 heteroatoms. The molecule has 0 N–H and O–H groups in total. The van der Waals surface area contributed by atoms with Crippen LogP contribution < -0.4 is 0 Å². The third-order valence-electron chi connectivity index (χ3n) is 4.13. The van der Waals surface area contributed by atoms with Crippen LogP contribution in [0.1, 0.15) is 27.0 Å². The monoisotopic (exact) mass is 285 g/mol. The standard InChI is InChI=1S/C20H15NO/c1-12-7-13(2)9-14(8-12)19-10-17-18(11-21-19)15-5-3-4-6-16(15)20(17)22/h3-11H,1-2H3. The maximum Gasteiger partial charge on any atom is 0.194 e. The zero-order valence-corrected chi connectivity index (χ0v) is 12.6. The van der Waals surface area contributed by atoms with E-state index in [0.717, 1.165) is 33.5 Å². The summed E-state index contributed by atoms with van der Waals surface area (Å²) in [6.45, 7) is 4.15. The van der Waals surface area contributed by atoms with E-state index in [-0.39, 0.29) is 5.78 Å². The average Bonchev–Trinajstić information content (AvgIpc) is 2.80. The highest BCUT2D eigenvalue weighted by molar-refractivity contribution is 6.21. The molecule has 0 amide bonds. The normalized spacial score (nSPS) is 12.2. The van der Waals surface area contributed by atoms with E-state index in [2.05, 4.69) is 37.0 Å². The molecule has 3 aromatic rings. The molecule has 0 radical (unpaired) electrons. The molecule has 0 fully saturated rings. The van der Waals surface area contributed by atoms with Gasteiger partial charge >= 0.3 is 0 Å². The summed E-state index contributed by atoms with van der Waals surface area (Å²) in [5, 5.41) is 0. The summed E-state index contributed by atoms with van der Waals surface area (Å²) >= 11 is 0. The first-order chi connectivity index (χ1) is 10.6. The van der Waals surface area contributed by atoms with E-state index in [9.17, 15) is 4.79 Å². The molecule has 0 saturated heterocycles. The lowest BCUT2D eigenvalue weighted by Gasteiger charge is -2.06. The molecule has 1 aromatic heterocycles. The van der Waals surface area contributed by atoms with Gasteiger partial charge in [0.25, 0.3) is 0 Å². The Morgan fingerprint density at radius 3 is 2.18 bits per heavy atom. The lowest BCUT2D eigenvalue weighted by molar-refractivity contribution is 0.104. The predicted octanol–water partition coefficient (Wildman–Crippen LogP) is 4.58. The van der Waals surface area contributed by atoms with Crippen molar-refractivity contribution in [3.05, 3.63) is 77.0 Å².